The van der Waals surface area contributed by atoms with Crippen molar-refractivity contribution in [2.24, 2.45) is 5.92 Å². The highest BCUT2D eigenvalue weighted by molar-refractivity contribution is 6.34. The highest BCUT2D eigenvalue weighted by Crippen LogP contribution is 2.62. The Kier molecular flexibility index (Phi) is 6.66. The van der Waals surface area contributed by atoms with Gasteiger partial charge in [-0.15, -0.1) is 0 Å². The number of Topliss-reactive ketones (excluding diaryl/α,β-unsaturated/α-hetero) is 2. The maximum Gasteiger partial charge on any atom is 0.238 e. The normalized spacial score (nSPS) is 23.0. The lowest BCUT2D eigenvalue weighted by Gasteiger charge is -2.38. The molecular weight excluding hydrogens is 560 g/mol. The second-order valence-electron chi connectivity index (χ2n) is 11.1. The van der Waals surface area contributed by atoms with Crippen molar-refractivity contribution in [3.63, 3.8) is 0 Å². The lowest BCUT2D eigenvalue weighted by Crippen LogP contribution is -2.49. The van der Waals surface area contributed by atoms with Crippen molar-refractivity contribution in [2.75, 3.05) is 11.9 Å². The molecule has 4 aromatic rings. The van der Waals surface area contributed by atoms with Crippen LogP contribution in [0.4, 0.5) is 5.69 Å². The highest BCUT2D eigenvalue weighted by Gasteiger charge is 2.71. The maximum atomic E-state index is 14.9. The smallest absolute Gasteiger partial charge is 0.238 e. The Morgan fingerprint density at radius 2 is 1.58 bits per heavy atom. The number of benzene rings is 4. The molecule has 3 aliphatic heterocycles. The minimum Gasteiger partial charge on any atom is -0.493 e. The van der Waals surface area contributed by atoms with Gasteiger partial charge in [0.25, 0.3) is 0 Å². The zero-order chi connectivity index (χ0) is 29.7. The number of hydrogen-bond donors (Lipinski definition) is 1. The van der Waals surface area contributed by atoms with Crippen LogP contribution in [0.15, 0.2) is 103 Å². The van der Waals surface area contributed by atoms with Crippen LogP contribution in [0.1, 0.15) is 56.8 Å². The molecule has 1 spiro atoms. The van der Waals surface area contributed by atoms with Gasteiger partial charge in [0.15, 0.2) is 11.6 Å². The molecule has 4 aromatic carbocycles. The van der Waals surface area contributed by atoms with Gasteiger partial charge >= 0.3 is 0 Å². The number of nitrogens with one attached hydrogen (secondary N) is 1. The molecule has 1 N–H and O–H groups in total. The number of carbonyl (C=O) groups is 3. The van der Waals surface area contributed by atoms with Crippen LogP contribution in [0.3, 0.4) is 0 Å². The van der Waals surface area contributed by atoms with Gasteiger partial charge in [0, 0.05) is 17.5 Å². The third-order valence-electron chi connectivity index (χ3n) is 8.88. The Bertz CT molecular complexity index is 1820. The molecule has 3 heterocycles. The molecule has 6 nitrogen and oxygen atoms in total. The predicted molar refractivity (Wildman–Crippen MR) is 166 cm³/mol. The third kappa shape index (κ3) is 3.97. The number of fused-ring (bicyclic) bond motifs is 6. The van der Waals surface area contributed by atoms with Gasteiger partial charge in [-0.1, -0.05) is 85.3 Å². The molecule has 7 rings (SSSR count). The molecule has 1 saturated heterocycles. The number of halogens is 1. The van der Waals surface area contributed by atoms with Crippen molar-refractivity contribution in [1.29, 1.82) is 0 Å². The van der Waals surface area contributed by atoms with Gasteiger partial charge in [-0.2, -0.15) is 0 Å². The summed E-state index contributed by atoms with van der Waals surface area (Å²) in [6, 6.07) is 27.6. The molecule has 3 aliphatic rings. The Morgan fingerprint density at radius 1 is 0.884 bits per heavy atom. The zero-order valence-corrected chi connectivity index (χ0v) is 24.3. The molecular formula is C36H29ClN2O4. The number of ether oxygens (including phenoxy) is 1. The van der Waals surface area contributed by atoms with Gasteiger partial charge in [-0.05, 0) is 59.5 Å². The first kappa shape index (κ1) is 27.2. The summed E-state index contributed by atoms with van der Waals surface area (Å²) in [4.78, 5) is 46.4. The molecule has 0 saturated carbocycles. The first-order valence-corrected chi connectivity index (χ1v) is 14.9. The molecule has 0 aliphatic carbocycles. The fraction of sp³-hybridized carbons (Fsp3) is 0.194. The molecule has 4 atom stereocenters. The van der Waals surface area contributed by atoms with Crippen LogP contribution in [-0.2, 0) is 10.2 Å². The van der Waals surface area contributed by atoms with Gasteiger partial charge in [0.1, 0.15) is 17.2 Å². The Balaban J connectivity index is 1.53. The average Bonchev–Trinajstić information content (AvgIpc) is 3.52. The fourth-order valence-electron chi connectivity index (χ4n) is 7.16. The van der Waals surface area contributed by atoms with E-state index in [1.165, 1.54) is 0 Å². The van der Waals surface area contributed by atoms with Crippen molar-refractivity contribution in [1.82, 2.24) is 4.90 Å². The SMILES string of the molecule is CCCOc1ccccc1C(=O)[C@H]1[C@H](C(=O)c2ccccc2Cl)[C@]2(C(=O)Nc3ccccc32)[C@H]2c3ccccc3C=CN12. The van der Waals surface area contributed by atoms with E-state index in [-0.39, 0.29) is 28.1 Å². The first-order chi connectivity index (χ1) is 21.0. The van der Waals surface area contributed by atoms with Crippen molar-refractivity contribution in [2.45, 2.75) is 30.8 Å². The van der Waals surface area contributed by atoms with Crippen LogP contribution in [0.25, 0.3) is 6.08 Å². The number of hydrogen-bond acceptors (Lipinski definition) is 5. The maximum absolute atomic E-state index is 14.9. The van der Waals surface area contributed by atoms with Crippen molar-refractivity contribution in [3.8, 4) is 5.75 Å². The predicted octanol–water partition coefficient (Wildman–Crippen LogP) is 7.11. The van der Waals surface area contributed by atoms with E-state index >= 15 is 0 Å². The molecule has 0 aromatic heterocycles. The topological polar surface area (TPSA) is 75.7 Å². The number of ketones is 2. The number of anilines is 1. The molecule has 43 heavy (non-hydrogen) atoms. The fourth-order valence-corrected chi connectivity index (χ4v) is 7.39. The molecule has 7 heteroatoms. The number of amides is 1. The van der Waals surface area contributed by atoms with E-state index in [4.69, 9.17) is 16.3 Å². The summed E-state index contributed by atoms with van der Waals surface area (Å²) in [6.45, 7) is 2.44. The van der Waals surface area contributed by atoms with E-state index in [1.807, 2.05) is 78.7 Å². The molecule has 0 radical (unpaired) electrons. The van der Waals surface area contributed by atoms with Crippen LogP contribution in [0.2, 0.25) is 5.02 Å². The lowest BCUT2D eigenvalue weighted by molar-refractivity contribution is -0.122. The first-order valence-electron chi connectivity index (χ1n) is 14.5. The highest BCUT2D eigenvalue weighted by atomic mass is 35.5. The standard InChI is InChI=1S/C36H29ClN2O4/c1-2-21-43-29-18-10-6-14-25(29)33(41)31-30(32(40)24-13-5-8-16-27(24)37)36(26-15-7-9-17-28(26)38-35(36)42)34-23-12-4-3-11-22(23)19-20-39(31)34/h3-20,30-31,34H,2,21H2,1H3,(H,38,42)/t30-,31-,34-,36+/m1/s1. The number of carbonyl (C=O) groups excluding carboxylic acids is 3. The summed E-state index contributed by atoms with van der Waals surface area (Å²) in [5.41, 5.74) is 2.35. The summed E-state index contributed by atoms with van der Waals surface area (Å²) in [7, 11) is 0. The number of para-hydroxylation sites is 2. The van der Waals surface area contributed by atoms with Crippen LogP contribution < -0.4 is 10.1 Å². The second kappa shape index (κ2) is 10.5. The van der Waals surface area contributed by atoms with E-state index in [9.17, 15) is 14.4 Å². The summed E-state index contributed by atoms with van der Waals surface area (Å²) in [5.74, 6) is -1.62. The van der Waals surface area contributed by atoms with E-state index < -0.39 is 23.4 Å². The van der Waals surface area contributed by atoms with Crippen molar-refractivity contribution >= 4 is 40.8 Å². The third-order valence-corrected chi connectivity index (χ3v) is 9.20. The second-order valence-corrected chi connectivity index (χ2v) is 11.5. The average molecular weight is 589 g/mol. The van der Waals surface area contributed by atoms with Crippen molar-refractivity contribution < 1.29 is 19.1 Å². The van der Waals surface area contributed by atoms with Gasteiger partial charge in [-0.3, -0.25) is 14.4 Å². The monoisotopic (exact) mass is 588 g/mol. The van der Waals surface area contributed by atoms with Crippen LogP contribution >= 0.6 is 11.6 Å². The van der Waals surface area contributed by atoms with Gasteiger partial charge in [0.2, 0.25) is 5.91 Å². The van der Waals surface area contributed by atoms with E-state index in [1.54, 1.807) is 42.5 Å². The van der Waals surface area contributed by atoms with E-state index in [0.29, 0.717) is 29.2 Å². The van der Waals surface area contributed by atoms with Gasteiger partial charge < -0.3 is 15.0 Å². The molecule has 0 bridgehead atoms. The summed E-state index contributed by atoms with van der Waals surface area (Å²) < 4.78 is 6.01. The Labute approximate surface area is 254 Å². The van der Waals surface area contributed by atoms with E-state index in [0.717, 1.165) is 17.5 Å². The van der Waals surface area contributed by atoms with Crippen molar-refractivity contribution in [3.05, 3.63) is 136 Å². The molecule has 1 fully saturated rings. The van der Waals surface area contributed by atoms with E-state index in [2.05, 4.69) is 5.32 Å². The van der Waals surface area contributed by atoms with Gasteiger partial charge in [0.05, 0.1) is 29.2 Å². The minimum atomic E-state index is -1.42. The quantitative estimate of drug-likeness (QED) is 0.233. The summed E-state index contributed by atoms with van der Waals surface area (Å²) in [6.07, 6.45) is 4.58. The van der Waals surface area contributed by atoms with Crippen LogP contribution in [-0.4, -0.2) is 35.0 Å². The summed E-state index contributed by atoms with van der Waals surface area (Å²) >= 11 is 6.64. The van der Waals surface area contributed by atoms with Gasteiger partial charge in [-0.25, -0.2) is 0 Å². The minimum absolute atomic E-state index is 0.271. The van der Waals surface area contributed by atoms with Crippen LogP contribution in [0, 0.1) is 5.92 Å². The molecule has 0 unspecified atom stereocenters. The Morgan fingerprint density at radius 3 is 2.40 bits per heavy atom. The Hall–Kier alpha value is -4.68. The zero-order valence-electron chi connectivity index (χ0n) is 23.5. The number of rotatable bonds is 7. The van der Waals surface area contributed by atoms with Crippen LogP contribution in [0.5, 0.6) is 5.75 Å². The lowest BCUT2D eigenvalue weighted by atomic mass is 9.62. The molecule has 1 amide bonds. The molecule has 214 valence electrons. The summed E-state index contributed by atoms with van der Waals surface area (Å²) in [5, 5.41) is 3.34. The number of nitrogens with zero attached hydrogens (tertiary/aromatic N) is 1. The largest absolute Gasteiger partial charge is 0.493 e.